The van der Waals surface area contributed by atoms with E-state index in [0.29, 0.717) is 5.92 Å². The molecule has 1 aromatic rings. The highest BCUT2D eigenvalue weighted by Crippen LogP contribution is 2.20. The number of hydrogen-bond acceptors (Lipinski definition) is 1. The van der Waals surface area contributed by atoms with Gasteiger partial charge in [-0.3, -0.25) is 4.79 Å². The summed E-state index contributed by atoms with van der Waals surface area (Å²) in [7, 11) is 0. The Morgan fingerprint density at radius 2 is 1.94 bits per heavy atom. The van der Waals surface area contributed by atoms with Crippen LogP contribution in [0.4, 0.5) is 0 Å². The Bertz CT molecular complexity index is 365. The van der Waals surface area contributed by atoms with Crippen LogP contribution in [-0.2, 0) is 0 Å². The van der Waals surface area contributed by atoms with E-state index in [1.165, 1.54) is 5.56 Å². The number of likely N-dealkylation sites (tertiary alicyclic amines) is 1. The number of amides is 1. The molecule has 2 heteroatoms. The molecule has 1 aromatic carbocycles. The van der Waals surface area contributed by atoms with Crippen LogP contribution < -0.4 is 0 Å². The fourth-order valence-electron chi connectivity index (χ4n) is 1.89. The molecular formula is C14H19NO. The van der Waals surface area contributed by atoms with Gasteiger partial charge in [0.1, 0.15) is 0 Å². The van der Waals surface area contributed by atoms with Gasteiger partial charge in [-0.05, 0) is 36.5 Å². The van der Waals surface area contributed by atoms with Crippen LogP contribution in [0.15, 0.2) is 24.3 Å². The Morgan fingerprint density at radius 1 is 1.31 bits per heavy atom. The van der Waals surface area contributed by atoms with E-state index in [9.17, 15) is 4.79 Å². The minimum Gasteiger partial charge on any atom is -0.339 e. The van der Waals surface area contributed by atoms with Crippen LogP contribution in [0, 0.1) is 0 Å². The predicted molar refractivity (Wildman–Crippen MR) is 65.7 cm³/mol. The Kier molecular flexibility index (Phi) is 3.28. The molecule has 1 aliphatic rings. The summed E-state index contributed by atoms with van der Waals surface area (Å²) in [6, 6.07) is 8.09. The summed E-state index contributed by atoms with van der Waals surface area (Å²) in [5.41, 5.74) is 2.15. The van der Waals surface area contributed by atoms with Gasteiger partial charge in [-0.25, -0.2) is 0 Å². The minimum absolute atomic E-state index is 0.182. The number of hydrogen-bond donors (Lipinski definition) is 0. The summed E-state index contributed by atoms with van der Waals surface area (Å²) >= 11 is 0. The van der Waals surface area contributed by atoms with Crippen molar-refractivity contribution in [2.45, 2.75) is 32.6 Å². The molecule has 0 spiro atoms. The van der Waals surface area contributed by atoms with Crippen molar-refractivity contribution in [2.24, 2.45) is 0 Å². The van der Waals surface area contributed by atoms with E-state index in [0.717, 1.165) is 31.5 Å². The maximum Gasteiger partial charge on any atom is 0.253 e. The second-order valence-corrected chi connectivity index (χ2v) is 4.58. The van der Waals surface area contributed by atoms with Gasteiger partial charge in [0, 0.05) is 18.7 Å². The molecule has 1 aliphatic heterocycles. The first-order valence-electron chi connectivity index (χ1n) is 6.11. The van der Waals surface area contributed by atoms with Crippen LogP contribution in [-0.4, -0.2) is 23.9 Å². The van der Waals surface area contributed by atoms with Gasteiger partial charge in [0.05, 0.1) is 0 Å². The summed E-state index contributed by atoms with van der Waals surface area (Å²) in [6.07, 6.45) is 2.29. The zero-order chi connectivity index (χ0) is 11.5. The Hall–Kier alpha value is -1.31. The summed E-state index contributed by atoms with van der Waals surface area (Å²) < 4.78 is 0. The molecule has 0 saturated carbocycles. The second kappa shape index (κ2) is 4.69. The van der Waals surface area contributed by atoms with E-state index in [4.69, 9.17) is 0 Å². The van der Waals surface area contributed by atoms with E-state index < -0.39 is 0 Å². The van der Waals surface area contributed by atoms with Crippen molar-refractivity contribution in [3.8, 4) is 0 Å². The van der Waals surface area contributed by atoms with Crippen molar-refractivity contribution in [3.63, 3.8) is 0 Å². The Balaban J connectivity index is 2.09. The smallest absolute Gasteiger partial charge is 0.253 e. The number of rotatable bonds is 3. The van der Waals surface area contributed by atoms with Crippen molar-refractivity contribution in [1.29, 1.82) is 0 Å². The molecule has 0 N–H and O–H groups in total. The number of carbonyl (C=O) groups excluding carboxylic acids is 1. The molecule has 0 bridgehead atoms. The van der Waals surface area contributed by atoms with Gasteiger partial charge < -0.3 is 4.90 Å². The van der Waals surface area contributed by atoms with Gasteiger partial charge in [-0.1, -0.05) is 26.0 Å². The lowest BCUT2D eigenvalue weighted by molar-refractivity contribution is 0.0652. The SMILES string of the molecule is CCC(C)c1ccc(C(=O)N2CCC2)cc1. The van der Waals surface area contributed by atoms with E-state index in [1.807, 2.05) is 17.0 Å². The summed E-state index contributed by atoms with van der Waals surface area (Å²) in [5, 5.41) is 0. The van der Waals surface area contributed by atoms with E-state index in [-0.39, 0.29) is 5.91 Å². The Morgan fingerprint density at radius 3 is 2.38 bits per heavy atom. The first-order chi connectivity index (χ1) is 7.72. The fraction of sp³-hybridized carbons (Fsp3) is 0.500. The predicted octanol–water partition coefficient (Wildman–Crippen LogP) is 3.05. The molecule has 2 nitrogen and oxygen atoms in total. The van der Waals surface area contributed by atoms with Gasteiger partial charge in [0.15, 0.2) is 0 Å². The Labute approximate surface area is 97.3 Å². The van der Waals surface area contributed by atoms with Crippen molar-refractivity contribution < 1.29 is 4.79 Å². The summed E-state index contributed by atoms with van der Waals surface area (Å²) in [6.45, 7) is 6.24. The first-order valence-corrected chi connectivity index (χ1v) is 6.11. The molecule has 2 rings (SSSR count). The monoisotopic (exact) mass is 217 g/mol. The number of benzene rings is 1. The lowest BCUT2D eigenvalue weighted by Crippen LogP contribution is -2.41. The van der Waals surface area contributed by atoms with Crippen LogP contribution in [0.3, 0.4) is 0 Å². The zero-order valence-electron chi connectivity index (χ0n) is 10.1. The van der Waals surface area contributed by atoms with Crippen molar-refractivity contribution >= 4 is 5.91 Å². The standard InChI is InChI=1S/C14H19NO/c1-3-11(2)12-5-7-13(8-6-12)14(16)15-9-4-10-15/h5-8,11H,3-4,9-10H2,1-2H3. The average Bonchev–Trinajstić information content (AvgIpc) is 2.26. The highest BCUT2D eigenvalue weighted by Gasteiger charge is 2.21. The lowest BCUT2D eigenvalue weighted by Gasteiger charge is -2.31. The normalized spacial score (nSPS) is 16.8. The highest BCUT2D eigenvalue weighted by molar-refractivity contribution is 5.94. The van der Waals surface area contributed by atoms with Crippen LogP contribution in [0.2, 0.25) is 0 Å². The quantitative estimate of drug-likeness (QED) is 0.762. The van der Waals surface area contributed by atoms with Crippen molar-refractivity contribution in [2.75, 3.05) is 13.1 Å². The van der Waals surface area contributed by atoms with Gasteiger partial charge in [0.25, 0.3) is 5.91 Å². The molecule has 16 heavy (non-hydrogen) atoms. The molecule has 1 amide bonds. The van der Waals surface area contributed by atoms with Crippen LogP contribution in [0.25, 0.3) is 0 Å². The van der Waals surface area contributed by atoms with Crippen molar-refractivity contribution in [1.82, 2.24) is 4.90 Å². The van der Waals surface area contributed by atoms with Gasteiger partial charge in [-0.2, -0.15) is 0 Å². The lowest BCUT2D eigenvalue weighted by atomic mass is 9.97. The highest BCUT2D eigenvalue weighted by atomic mass is 16.2. The molecule has 1 heterocycles. The third-order valence-corrected chi connectivity index (χ3v) is 3.48. The molecule has 86 valence electrons. The summed E-state index contributed by atoms with van der Waals surface area (Å²) in [5.74, 6) is 0.759. The van der Waals surface area contributed by atoms with Crippen LogP contribution >= 0.6 is 0 Å². The maximum atomic E-state index is 11.9. The largest absolute Gasteiger partial charge is 0.339 e. The molecule has 0 aromatic heterocycles. The third kappa shape index (κ3) is 2.11. The van der Waals surface area contributed by atoms with Crippen LogP contribution in [0.1, 0.15) is 48.5 Å². The fourth-order valence-corrected chi connectivity index (χ4v) is 1.89. The van der Waals surface area contributed by atoms with Crippen LogP contribution in [0.5, 0.6) is 0 Å². The molecule has 0 aliphatic carbocycles. The topological polar surface area (TPSA) is 20.3 Å². The minimum atomic E-state index is 0.182. The molecule has 1 fully saturated rings. The molecule has 0 radical (unpaired) electrons. The first kappa shape index (κ1) is 11.2. The third-order valence-electron chi connectivity index (χ3n) is 3.48. The zero-order valence-corrected chi connectivity index (χ0v) is 10.1. The molecule has 1 unspecified atom stereocenters. The molecular weight excluding hydrogens is 198 g/mol. The summed E-state index contributed by atoms with van der Waals surface area (Å²) in [4.78, 5) is 13.8. The van der Waals surface area contributed by atoms with E-state index in [1.54, 1.807) is 0 Å². The van der Waals surface area contributed by atoms with Gasteiger partial charge in [-0.15, -0.1) is 0 Å². The maximum absolute atomic E-state index is 11.9. The van der Waals surface area contributed by atoms with Gasteiger partial charge >= 0.3 is 0 Å². The number of nitrogens with zero attached hydrogens (tertiary/aromatic N) is 1. The van der Waals surface area contributed by atoms with E-state index in [2.05, 4.69) is 26.0 Å². The average molecular weight is 217 g/mol. The molecule has 1 saturated heterocycles. The molecule has 1 atom stereocenters. The second-order valence-electron chi connectivity index (χ2n) is 4.58. The van der Waals surface area contributed by atoms with Crippen molar-refractivity contribution in [3.05, 3.63) is 35.4 Å². The van der Waals surface area contributed by atoms with E-state index >= 15 is 0 Å². The van der Waals surface area contributed by atoms with Gasteiger partial charge in [0.2, 0.25) is 0 Å². The number of carbonyl (C=O) groups is 1.